The van der Waals surface area contributed by atoms with Crippen LogP contribution >= 0.6 is 11.6 Å². The Morgan fingerprint density at radius 2 is 2.00 bits per heavy atom. The lowest BCUT2D eigenvalue weighted by Crippen LogP contribution is -2.32. The van der Waals surface area contributed by atoms with Crippen molar-refractivity contribution < 1.29 is 4.79 Å². The number of hydrogen-bond acceptors (Lipinski definition) is 1. The molecule has 0 aromatic rings. The van der Waals surface area contributed by atoms with E-state index in [1.807, 2.05) is 0 Å². The first-order valence-corrected chi connectivity index (χ1v) is 8.07. The van der Waals surface area contributed by atoms with Gasteiger partial charge < -0.3 is 5.32 Å². The van der Waals surface area contributed by atoms with Crippen molar-refractivity contribution >= 4 is 17.5 Å². The zero-order valence-corrected chi connectivity index (χ0v) is 11.8. The molecule has 5 unspecified atom stereocenters. The predicted molar refractivity (Wildman–Crippen MR) is 73.5 cm³/mol. The van der Waals surface area contributed by atoms with E-state index in [1.165, 1.54) is 38.5 Å². The average molecular weight is 270 g/mol. The van der Waals surface area contributed by atoms with Gasteiger partial charge in [0.1, 0.15) is 0 Å². The molecule has 0 heterocycles. The maximum Gasteiger partial charge on any atom is 0.220 e. The molecule has 0 saturated heterocycles. The Hall–Kier alpha value is -0.240. The molecule has 3 aliphatic rings. The van der Waals surface area contributed by atoms with E-state index >= 15 is 0 Å². The first-order valence-electron chi connectivity index (χ1n) is 7.63. The highest BCUT2D eigenvalue weighted by atomic mass is 35.5. The van der Waals surface area contributed by atoms with E-state index in [1.54, 1.807) is 0 Å². The van der Waals surface area contributed by atoms with Gasteiger partial charge in [-0.1, -0.05) is 12.8 Å². The summed E-state index contributed by atoms with van der Waals surface area (Å²) >= 11 is 6.23. The zero-order chi connectivity index (χ0) is 12.5. The van der Waals surface area contributed by atoms with Crippen LogP contribution < -0.4 is 5.32 Å². The Labute approximate surface area is 115 Å². The summed E-state index contributed by atoms with van der Waals surface area (Å²) in [5, 5.41) is 3.40. The van der Waals surface area contributed by atoms with E-state index in [-0.39, 0.29) is 11.3 Å². The fraction of sp³-hybridized carbons (Fsp3) is 0.933. The topological polar surface area (TPSA) is 29.1 Å². The Kier molecular flexibility index (Phi) is 3.83. The SMILES string of the molecule is O=C(CC1CC2CCC1C2)NCC1CCCC1Cl. The minimum Gasteiger partial charge on any atom is -0.356 e. The average Bonchev–Trinajstić information content (AvgIpc) is 3.03. The van der Waals surface area contributed by atoms with E-state index in [4.69, 9.17) is 11.6 Å². The summed E-state index contributed by atoms with van der Waals surface area (Å²) in [7, 11) is 0. The van der Waals surface area contributed by atoms with E-state index in [9.17, 15) is 4.79 Å². The Balaban J connectivity index is 1.39. The summed E-state index contributed by atoms with van der Waals surface area (Å²) in [4.78, 5) is 12.0. The van der Waals surface area contributed by atoms with E-state index < -0.39 is 0 Å². The smallest absolute Gasteiger partial charge is 0.220 e. The standard InChI is InChI=1S/C15H24ClNO/c16-14-3-1-2-12(14)9-17-15(18)8-13-7-10-4-5-11(13)6-10/h10-14H,1-9H2,(H,17,18). The minimum absolute atomic E-state index is 0.267. The first kappa shape index (κ1) is 12.8. The van der Waals surface area contributed by atoms with Gasteiger partial charge in [0.15, 0.2) is 0 Å². The monoisotopic (exact) mass is 269 g/mol. The van der Waals surface area contributed by atoms with Gasteiger partial charge in [0, 0.05) is 18.3 Å². The van der Waals surface area contributed by atoms with Crippen LogP contribution in [0, 0.1) is 23.7 Å². The summed E-state index contributed by atoms with van der Waals surface area (Å²) in [6, 6.07) is 0. The van der Waals surface area contributed by atoms with Crippen LogP contribution in [0.15, 0.2) is 0 Å². The molecule has 0 aromatic carbocycles. The molecule has 0 aliphatic heterocycles. The summed E-state index contributed by atoms with van der Waals surface area (Å²) < 4.78 is 0. The van der Waals surface area contributed by atoms with E-state index in [0.717, 1.165) is 31.2 Å². The van der Waals surface area contributed by atoms with E-state index in [0.29, 0.717) is 11.8 Å². The summed E-state index contributed by atoms with van der Waals surface area (Å²) in [6.07, 6.45) is 9.77. The molecule has 2 bridgehead atoms. The molecule has 3 heteroatoms. The number of halogens is 1. The molecule has 18 heavy (non-hydrogen) atoms. The molecule has 0 radical (unpaired) electrons. The van der Waals surface area contributed by atoms with Crippen molar-refractivity contribution in [3.05, 3.63) is 0 Å². The minimum atomic E-state index is 0.267. The summed E-state index contributed by atoms with van der Waals surface area (Å²) in [5.41, 5.74) is 0. The molecule has 0 spiro atoms. The second kappa shape index (κ2) is 5.40. The largest absolute Gasteiger partial charge is 0.356 e. The van der Waals surface area contributed by atoms with Crippen molar-refractivity contribution in [2.24, 2.45) is 23.7 Å². The lowest BCUT2D eigenvalue weighted by molar-refractivity contribution is -0.122. The van der Waals surface area contributed by atoms with Gasteiger partial charge >= 0.3 is 0 Å². The third-order valence-electron chi connectivity index (χ3n) is 5.46. The van der Waals surface area contributed by atoms with E-state index in [2.05, 4.69) is 5.32 Å². The number of rotatable bonds is 4. The first-order chi connectivity index (χ1) is 8.72. The molecule has 3 fully saturated rings. The summed E-state index contributed by atoms with van der Waals surface area (Å²) in [5.74, 6) is 3.25. The molecule has 3 aliphatic carbocycles. The van der Waals surface area contributed by atoms with Gasteiger partial charge in [-0.2, -0.15) is 0 Å². The fourth-order valence-electron chi connectivity index (χ4n) is 4.40. The number of alkyl halides is 1. The predicted octanol–water partition coefficient (Wildman–Crippen LogP) is 3.34. The van der Waals surface area contributed by atoms with Gasteiger partial charge in [0.05, 0.1) is 0 Å². The Bertz CT molecular complexity index is 320. The molecule has 102 valence electrons. The second-order valence-corrected chi connectivity index (χ2v) is 7.21. The van der Waals surface area contributed by atoms with Crippen molar-refractivity contribution in [1.29, 1.82) is 0 Å². The molecular formula is C15H24ClNO. The normalized spacial score (nSPS) is 42.4. The number of carbonyl (C=O) groups is 1. The van der Waals surface area contributed by atoms with Gasteiger partial charge in [-0.15, -0.1) is 11.6 Å². The highest BCUT2D eigenvalue weighted by Gasteiger charge is 2.40. The lowest BCUT2D eigenvalue weighted by atomic mass is 9.86. The highest BCUT2D eigenvalue weighted by molar-refractivity contribution is 6.20. The number of fused-ring (bicyclic) bond motifs is 2. The second-order valence-electron chi connectivity index (χ2n) is 6.65. The molecule has 5 atom stereocenters. The molecule has 3 rings (SSSR count). The molecule has 3 saturated carbocycles. The Morgan fingerprint density at radius 3 is 2.61 bits per heavy atom. The fourth-order valence-corrected chi connectivity index (χ4v) is 4.77. The van der Waals surface area contributed by atoms with Gasteiger partial charge in [-0.3, -0.25) is 4.79 Å². The molecule has 1 amide bonds. The van der Waals surface area contributed by atoms with Gasteiger partial charge in [-0.25, -0.2) is 0 Å². The number of hydrogen-bond donors (Lipinski definition) is 1. The van der Waals surface area contributed by atoms with Crippen LogP contribution in [0.25, 0.3) is 0 Å². The number of amides is 1. The quantitative estimate of drug-likeness (QED) is 0.780. The Morgan fingerprint density at radius 1 is 1.11 bits per heavy atom. The van der Waals surface area contributed by atoms with Crippen molar-refractivity contribution in [2.45, 2.75) is 56.7 Å². The number of nitrogens with one attached hydrogen (secondary N) is 1. The highest BCUT2D eigenvalue weighted by Crippen LogP contribution is 2.49. The van der Waals surface area contributed by atoms with Crippen LogP contribution in [-0.2, 0) is 4.79 Å². The summed E-state index contributed by atoms with van der Waals surface area (Å²) in [6.45, 7) is 0.799. The molecule has 2 nitrogen and oxygen atoms in total. The lowest BCUT2D eigenvalue weighted by Gasteiger charge is -2.21. The molecule has 1 N–H and O–H groups in total. The maximum atomic E-state index is 12.0. The van der Waals surface area contributed by atoms with Crippen molar-refractivity contribution in [3.8, 4) is 0 Å². The van der Waals surface area contributed by atoms with Crippen LogP contribution in [0.4, 0.5) is 0 Å². The van der Waals surface area contributed by atoms with Crippen LogP contribution in [0.5, 0.6) is 0 Å². The third kappa shape index (κ3) is 2.68. The van der Waals surface area contributed by atoms with Crippen molar-refractivity contribution in [1.82, 2.24) is 5.32 Å². The van der Waals surface area contributed by atoms with Gasteiger partial charge in [-0.05, 0) is 55.8 Å². The molecule has 0 aromatic heterocycles. The van der Waals surface area contributed by atoms with Crippen LogP contribution in [-0.4, -0.2) is 17.8 Å². The van der Waals surface area contributed by atoms with Crippen LogP contribution in [0.2, 0.25) is 0 Å². The number of carbonyl (C=O) groups excluding carboxylic acids is 1. The van der Waals surface area contributed by atoms with Crippen molar-refractivity contribution in [3.63, 3.8) is 0 Å². The van der Waals surface area contributed by atoms with Crippen molar-refractivity contribution in [2.75, 3.05) is 6.54 Å². The van der Waals surface area contributed by atoms with Gasteiger partial charge in [0.25, 0.3) is 0 Å². The maximum absolute atomic E-state index is 12.0. The molecular weight excluding hydrogens is 246 g/mol. The van der Waals surface area contributed by atoms with Crippen LogP contribution in [0.1, 0.15) is 51.4 Å². The van der Waals surface area contributed by atoms with Gasteiger partial charge in [0.2, 0.25) is 5.91 Å². The van der Waals surface area contributed by atoms with Crippen LogP contribution in [0.3, 0.4) is 0 Å². The third-order valence-corrected chi connectivity index (χ3v) is 6.03. The zero-order valence-electron chi connectivity index (χ0n) is 11.0.